The predicted molar refractivity (Wildman–Crippen MR) is 143 cm³/mol. The molecular weight excluding hydrogens is 487 g/mol. The minimum atomic E-state index is -0.834. The van der Waals surface area contributed by atoms with E-state index in [9.17, 15) is 14.3 Å². The standard InChI is InChI=1S/C21H25FO2.C10H10O4/c1-21(2,23)14-4-5-15-8-10-16(11-9-15)24-20-13-12-19(22)17-6-3-7-18(17)20;11-7-1-2-8-6(3-10(12)13)5-14-9(8)4-7/h8-13,23H,3-7,14H2,1-2H3;1-2,4,6,11H,3,5H2,(H,12,13). The summed E-state index contributed by atoms with van der Waals surface area (Å²) in [6.07, 6.45) is 5.43. The molecule has 1 aliphatic heterocycles. The molecule has 3 aromatic carbocycles. The van der Waals surface area contributed by atoms with Crippen molar-refractivity contribution < 1.29 is 34.0 Å². The first-order chi connectivity index (χ1) is 18.1. The second-order valence-corrected chi connectivity index (χ2v) is 10.6. The molecule has 0 spiro atoms. The van der Waals surface area contributed by atoms with Crippen molar-refractivity contribution >= 4 is 5.97 Å². The molecule has 0 amide bonds. The number of aliphatic hydroxyl groups is 1. The molecule has 2 aliphatic rings. The maximum absolute atomic E-state index is 13.8. The number of aliphatic carboxylic acids is 1. The summed E-state index contributed by atoms with van der Waals surface area (Å²) in [5, 5.41) is 27.6. The monoisotopic (exact) mass is 522 g/mol. The molecule has 1 heterocycles. The van der Waals surface area contributed by atoms with Crippen LogP contribution in [0.15, 0.2) is 54.6 Å². The van der Waals surface area contributed by atoms with Gasteiger partial charge in [0.05, 0.1) is 18.6 Å². The van der Waals surface area contributed by atoms with Crippen molar-refractivity contribution in [2.75, 3.05) is 6.61 Å². The van der Waals surface area contributed by atoms with E-state index in [2.05, 4.69) is 12.1 Å². The number of phenols is 1. The number of hydrogen-bond donors (Lipinski definition) is 3. The Bertz CT molecular complexity index is 1260. The lowest BCUT2D eigenvalue weighted by Gasteiger charge is -2.16. The van der Waals surface area contributed by atoms with Gasteiger partial charge in [0, 0.05) is 23.1 Å². The number of carboxylic acid groups (broad SMARTS) is 1. The fraction of sp³-hybridized carbons (Fsp3) is 0.387. The fourth-order valence-electron chi connectivity index (χ4n) is 4.95. The Morgan fingerprint density at radius 2 is 1.82 bits per heavy atom. The summed E-state index contributed by atoms with van der Waals surface area (Å²) in [7, 11) is 0. The number of aromatic hydroxyl groups is 1. The highest BCUT2D eigenvalue weighted by Crippen LogP contribution is 2.38. The number of hydrogen-bond acceptors (Lipinski definition) is 5. The molecule has 0 bridgehead atoms. The molecule has 0 aromatic heterocycles. The molecule has 202 valence electrons. The number of benzene rings is 3. The summed E-state index contributed by atoms with van der Waals surface area (Å²) >= 11 is 0. The van der Waals surface area contributed by atoms with Gasteiger partial charge in [-0.1, -0.05) is 18.2 Å². The van der Waals surface area contributed by atoms with Gasteiger partial charge in [-0.2, -0.15) is 0 Å². The van der Waals surface area contributed by atoms with Gasteiger partial charge >= 0.3 is 5.97 Å². The van der Waals surface area contributed by atoms with E-state index >= 15 is 0 Å². The van der Waals surface area contributed by atoms with Crippen molar-refractivity contribution in [1.29, 1.82) is 0 Å². The van der Waals surface area contributed by atoms with E-state index in [4.69, 9.17) is 19.7 Å². The number of carbonyl (C=O) groups is 1. The van der Waals surface area contributed by atoms with E-state index in [-0.39, 0.29) is 23.9 Å². The van der Waals surface area contributed by atoms with Crippen LogP contribution in [0.5, 0.6) is 23.0 Å². The van der Waals surface area contributed by atoms with Gasteiger partial charge in [0.15, 0.2) is 0 Å². The van der Waals surface area contributed by atoms with Gasteiger partial charge in [0.25, 0.3) is 0 Å². The zero-order valence-corrected chi connectivity index (χ0v) is 21.9. The first-order valence-corrected chi connectivity index (χ1v) is 13.1. The van der Waals surface area contributed by atoms with Gasteiger partial charge in [-0.15, -0.1) is 0 Å². The van der Waals surface area contributed by atoms with Crippen LogP contribution < -0.4 is 9.47 Å². The molecule has 3 N–H and O–H groups in total. The highest BCUT2D eigenvalue weighted by Gasteiger charge is 2.26. The molecule has 6 nitrogen and oxygen atoms in total. The molecule has 3 aromatic rings. The molecule has 5 rings (SSSR count). The summed E-state index contributed by atoms with van der Waals surface area (Å²) in [6, 6.07) is 16.0. The lowest BCUT2D eigenvalue weighted by atomic mass is 9.98. The number of halogens is 1. The molecule has 0 saturated heterocycles. The van der Waals surface area contributed by atoms with E-state index in [1.807, 2.05) is 26.0 Å². The largest absolute Gasteiger partial charge is 0.508 e. The number of rotatable bonds is 8. The van der Waals surface area contributed by atoms with E-state index in [0.717, 1.165) is 66.7 Å². The number of fused-ring (bicyclic) bond motifs is 2. The molecule has 1 aliphatic carbocycles. The van der Waals surface area contributed by atoms with Gasteiger partial charge in [-0.3, -0.25) is 4.79 Å². The first kappa shape index (κ1) is 27.5. The number of aryl methyl sites for hydroxylation is 1. The minimum Gasteiger partial charge on any atom is -0.508 e. The van der Waals surface area contributed by atoms with Crippen LogP contribution in [0, 0.1) is 5.82 Å². The highest BCUT2D eigenvalue weighted by atomic mass is 19.1. The zero-order chi connectivity index (χ0) is 27.3. The fourth-order valence-corrected chi connectivity index (χ4v) is 4.95. The quantitative estimate of drug-likeness (QED) is 0.311. The lowest BCUT2D eigenvalue weighted by Crippen LogP contribution is -2.18. The Morgan fingerprint density at radius 3 is 2.53 bits per heavy atom. The average molecular weight is 523 g/mol. The molecule has 0 saturated carbocycles. The predicted octanol–water partition coefficient (Wildman–Crippen LogP) is 6.54. The summed E-state index contributed by atoms with van der Waals surface area (Å²) < 4.78 is 25.0. The van der Waals surface area contributed by atoms with E-state index < -0.39 is 11.6 Å². The van der Waals surface area contributed by atoms with Crippen LogP contribution in [0.4, 0.5) is 4.39 Å². The Labute approximate surface area is 222 Å². The van der Waals surface area contributed by atoms with Crippen molar-refractivity contribution in [2.45, 2.75) is 70.3 Å². The van der Waals surface area contributed by atoms with E-state index in [1.165, 1.54) is 17.7 Å². The van der Waals surface area contributed by atoms with Crippen molar-refractivity contribution in [3.8, 4) is 23.0 Å². The van der Waals surface area contributed by atoms with Crippen LogP contribution in [-0.2, 0) is 24.1 Å². The smallest absolute Gasteiger partial charge is 0.304 e. The number of ether oxygens (including phenoxy) is 2. The Morgan fingerprint density at radius 1 is 1.08 bits per heavy atom. The van der Waals surface area contributed by atoms with E-state index in [0.29, 0.717) is 12.4 Å². The normalized spacial score (nSPS) is 15.6. The molecule has 7 heteroatoms. The third-order valence-electron chi connectivity index (χ3n) is 6.89. The minimum absolute atomic E-state index is 0.0672. The van der Waals surface area contributed by atoms with Crippen LogP contribution in [-0.4, -0.2) is 33.5 Å². The molecular formula is C31H35FO6. The summed E-state index contributed by atoms with van der Waals surface area (Å²) in [5.74, 6) is 1.25. The second-order valence-electron chi connectivity index (χ2n) is 10.6. The lowest BCUT2D eigenvalue weighted by molar-refractivity contribution is -0.137. The topological polar surface area (TPSA) is 96.2 Å². The van der Waals surface area contributed by atoms with E-state index in [1.54, 1.807) is 18.2 Å². The molecule has 1 atom stereocenters. The highest BCUT2D eigenvalue weighted by molar-refractivity contribution is 5.68. The van der Waals surface area contributed by atoms with Crippen molar-refractivity contribution in [1.82, 2.24) is 0 Å². The molecule has 1 unspecified atom stereocenters. The van der Waals surface area contributed by atoms with Crippen molar-refractivity contribution in [2.24, 2.45) is 0 Å². The van der Waals surface area contributed by atoms with Gasteiger partial charge in [0.2, 0.25) is 0 Å². The SMILES string of the molecule is CC(C)(O)CCCc1ccc(Oc2ccc(F)c3c2CCC3)cc1.O=C(O)CC1COc2cc(O)ccc21. The van der Waals surface area contributed by atoms with Gasteiger partial charge in [-0.25, -0.2) is 4.39 Å². The number of carboxylic acids is 1. The van der Waals surface area contributed by atoms with Gasteiger partial charge in [0.1, 0.15) is 28.8 Å². The van der Waals surface area contributed by atoms with Crippen LogP contribution in [0.3, 0.4) is 0 Å². The first-order valence-electron chi connectivity index (χ1n) is 13.1. The van der Waals surface area contributed by atoms with Gasteiger partial charge in [-0.05, 0) is 93.8 Å². The Kier molecular flexibility index (Phi) is 8.57. The van der Waals surface area contributed by atoms with Crippen LogP contribution in [0.25, 0.3) is 0 Å². The zero-order valence-electron chi connectivity index (χ0n) is 21.9. The van der Waals surface area contributed by atoms with Crippen LogP contribution in [0.1, 0.15) is 67.7 Å². The van der Waals surface area contributed by atoms with Crippen LogP contribution in [0.2, 0.25) is 0 Å². The number of phenolic OH excluding ortho intramolecular Hbond substituents is 1. The van der Waals surface area contributed by atoms with Crippen molar-refractivity contribution in [3.05, 3.63) is 82.7 Å². The molecule has 0 radical (unpaired) electrons. The average Bonchev–Trinajstić information content (AvgIpc) is 3.49. The van der Waals surface area contributed by atoms with Crippen molar-refractivity contribution in [3.63, 3.8) is 0 Å². The maximum Gasteiger partial charge on any atom is 0.304 e. The van der Waals surface area contributed by atoms with Crippen LogP contribution >= 0.6 is 0 Å². The third kappa shape index (κ3) is 7.25. The molecule has 0 fully saturated rings. The summed E-state index contributed by atoms with van der Waals surface area (Å²) in [4.78, 5) is 10.5. The Balaban J connectivity index is 0.000000204. The summed E-state index contributed by atoms with van der Waals surface area (Å²) in [6.45, 7) is 4.06. The Hall–Kier alpha value is -3.58. The third-order valence-corrected chi connectivity index (χ3v) is 6.89. The van der Waals surface area contributed by atoms with Gasteiger partial charge < -0.3 is 24.8 Å². The summed E-state index contributed by atoms with van der Waals surface area (Å²) in [5.41, 5.74) is 3.33. The maximum atomic E-state index is 13.8. The second kappa shape index (κ2) is 11.9. The molecule has 38 heavy (non-hydrogen) atoms.